The van der Waals surface area contributed by atoms with Gasteiger partial charge in [-0.05, 0) is 24.3 Å². The zero-order chi connectivity index (χ0) is 14.8. The third kappa shape index (κ3) is 2.50. The highest BCUT2D eigenvalue weighted by Gasteiger charge is 2.12. The largest absolute Gasteiger partial charge is 0.494 e. The van der Waals surface area contributed by atoms with E-state index in [4.69, 9.17) is 4.74 Å². The van der Waals surface area contributed by atoms with E-state index in [2.05, 4.69) is 5.10 Å². The highest BCUT2D eigenvalue weighted by Crippen LogP contribution is 2.19. The van der Waals surface area contributed by atoms with Gasteiger partial charge in [0.05, 0.1) is 18.8 Å². The Balaban J connectivity index is 1.88. The summed E-state index contributed by atoms with van der Waals surface area (Å²) in [7, 11) is 1.38. The Hall–Kier alpha value is -2.69. The summed E-state index contributed by atoms with van der Waals surface area (Å²) in [5, 5.41) is 5.16. The maximum atomic E-state index is 13.6. The normalized spacial score (nSPS) is 10.8. The number of methoxy groups -OCH3 is 1. The molecule has 3 rings (SSSR count). The van der Waals surface area contributed by atoms with Gasteiger partial charge in [-0.3, -0.25) is 9.48 Å². The SMILES string of the molecule is COc1ccc(C(=O)Cn2ncc3ccccc32)cc1F. The van der Waals surface area contributed by atoms with Crippen LogP contribution < -0.4 is 4.74 Å². The number of hydrogen-bond donors (Lipinski definition) is 0. The van der Waals surface area contributed by atoms with Crippen LogP contribution in [0.25, 0.3) is 10.9 Å². The lowest BCUT2D eigenvalue weighted by Gasteiger charge is -2.06. The van der Waals surface area contributed by atoms with Gasteiger partial charge in [0.25, 0.3) is 0 Å². The highest BCUT2D eigenvalue weighted by atomic mass is 19.1. The molecule has 2 aromatic carbocycles. The molecule has 0 unspecified atom stereocenters. The number of para-hydroxylation sites is 1. The molecular formula is C16H13FN2O2. The smallest absolute Gasteiger partial charge is 0.184 e. The van der Waals surface area contributed by atoms with Gasteiger partial charge in [-0.1, -0.05) is 18.2 Å². The second kappa shape index (κ2) is 5.36. The van der Waals surface area contributed by atoms with E-state index in [9.17, 15) is 9.18 Å². The molecule has 106 valence electrons. The molecule has 4 nitrogen and oxygen atoms in total. The zero-order valence-electron chi connectivity index (χ0n) is 11.4. The predicted molar refractivity (Wildman–Crippen MR) is 77.0 cm³/mol. The van der Waals surface area contributed by atoms with Gasteiger partial charge in [0.15, 0.2) is 17.3 Å². The number of carbonyl (C=O) groups is 1. The summed E-state index contributed by atoms with van der Waals surface area (Å²) in [6.07, 6.45) is 1.71. The number of aromatic nitrogens is 2. The van der Waals surface area contributed by atoms with Crippen LogP contribution in [0.3, 0.4) is 0 Å². The summed E-state index contributed by atoms with van der Waals surface area (Å²) < 4.78 is 20.1. The lowest BCUT2D eigenvalue weighted by atomic mass is 10.1. The van der Waals surface area contributed by atoms with Gasteiger partial charge in [0, 0.05) is 10.9 Å². The molecule has 3 aromatic rings. The van der Waals surface area contributed by atoms with Crippen molar-refractivity contribution in [3.63, 3.8) is 0 Å². The minimum Gasteiger partial charge on any atom is -0.494 e. The number of Topliss-reactive ketones (excluding diaryl/α,β-unsaturated/α-hetero) is 1. The van der Waals surface area contributed by atoms with Crippen molar-refractivity contribution < 1.29 is 13.9 Å². The first-order chi connectivity index (χ1) is 10.2. The first kappa shape index (κ1) is 13.3. The summed E-state index contributed by atoms with van der Waals surface area (Å²) in [5.74, 6) is -0.629. The van der Waals surface area contributed by atoms with Crippen molar-refractivity contribution in [1.29, 1.82) is 0 Å². The number of nitrogens with zero attached hydrogens (tertiary/aromatic N) is 2. The van der Waals surface area contributed by atoms with Crippen LogP contribution in [0, 0.1) is 5.82 Å². The number of ketones is 1. The van der Waals surface area contributed by atoms with E-state index in [1.165, 1.54) is 19.2 Å². The van der Waals surface area contributed by atoms with Gasteiger partial charge in [0.2, 0.25) is 0 Å². The monoisotopic (exact) mass is 284 g/mol. The maximum Gasteiger partial charge on any atom is 0.184 e. The molecule has 0 fully saturated rings. The lowest BCUT2D eigenvalue weighted by molar-refractivity contribution is 0.0969. The number of hydrogen-bond acceptors (Lipinski definition) is 3. The molecule has 1 aromatic heterocycles. The molecule has 0 amide bonds. The number of ether oxygens (including phenoxy) is 1. The van der Waals surface area contributed by atoms with Crippen molar-refractivity contribution in [2.24, 2.45) is 0 Å². The Kier molecular flexibility index (Phi) is 3.39. The standard InChI is InChI=1S/C16H13FN2O2/c1-21-16-7-6-11(8-13(16)17)15(20)10-19-14-5-3-2-4-12(14)9-18-19/h2-9H,10H2,1H3. The highest BCUT2D eigenvalue weighted by molar-refractivity contribution is 5.96. The number of fused-ring (bicyclic) bond motifs is 1. The van der Waals surface area contributed by atoms with Crippen molar-refractivity contribution in [2.45, 2.75) is 6.54 Å². The Morgan fingerprint density at radius 1 is 1.29 bits per heavy atom. The molecule has 0 radical (unpaired) electrons. The van der Waals surface area contributed by atoms with Crippen LogP contribution in [0.15, 0.2) is 48.7 Å². The molecule has 0 bridgehead atoms. The quantitative estimate of drug-likeness (QED) is 0.692. The van der Waals surface area contributed by atoms with Crippen molar-refractivity contribution in [2.75, 3.05) is 7.11 Å². The summed E-state index contributed by atoms with van der Waals surface area (Å²) >= 11 is 0. The van der Waals surface area contributed by atoms with E-state index in [0.29, 0.717) is 5.56 Å². The van der Waals surface area contributed by atoms with Crippen LogP contribution in [0.2, 0.25) is 0 Å². The van der Waals surface area contributed by atoms with Gasteiger partial charge < -0.3 is 4.74 Å². The Labute approximate surface area is 120 Å². The molecule has 0 saturated heterocycles. The molecule has 0 aliphatic carbocycles. The molecule has 0 aliphatic rings. The zero-order valence-corrected chi connectivity index (χ0v) is 11.4. The average molecular weight is 284 g/mol. The molecular weight excluding hydrogens is 271 g/mol. The van der Waals surface area contributed by atoms with Crippen molar-refractivity contribution in [1.82, 2.24) is 9.78 Å². The second-order valence-corrected chi connectivity index (χ2v) is 4.63. The first-order valence-electron chi connectivity index (χ1n) is 6.46. The third-order valence-corrected chi connectivity index (χ3v) is 3.32. The van der Waals surface area contributed by atoms with E-state index < -0.39 is 5.82 Å². The van der Waals surface area contributed by atoms with Crippen molar-refractivity contribution in [3.8, 4) is 5.75 Å². The van der Waals surface area contributed by atoms with Gasteiger partial charge in [-0.2, -0.15) is 5.10 Å². The van der Waals surface area contributed by atoms with E-state index in [0.717, 1.165) is 10.9 Å². The van der Waals surface area contributed by atoms with Gasteiger partial charge in [-0.15, -0.1) is 0 Å². The van der Waals surface area contributed by atoms with E-state index in [-0.39, 0.29) is 18.1 Å². The minimum absolute atomic E-state index is 0.0687. The van der Waals surface area contributed by atoms with Crippen LogP contribution in [0.1, 0.15) is 10.4 Å². The van der Waals surface area contributed by atoms with Crippen molar-refractivity contribution >= 4 is 16.7 Å². The molecule has 0 saturated carbocycles. The average Bonchev–Trinajstić information content (AvgIpc) is 2.90. The molecule has 21 heavy (non-hydrogen) atoms. The number of benzene rings is 2. The first-order valence-corrected chi connectivity index (χ1v) is 6.46. The lowest BCUT2D eigenvalue weighted by Crippen LogP contribution is -2.11. The molecule has 0 aliphatic heterocycles. The van der Waals surface area contributed by atoms with Gasteiger partial charge in [0.1, 0.15) is 6.54 Å². The third-order valence-electron chi connectivity index (χ3n) is 3.32. The van der Waals surface area contributed by atoms with Crippen LogP contribution in [0.4, 0.5) is 4.39 Å². The summed E-state index contributed by atoms with van der Waals surface area (Å²) in [4.78, 5) is 12.2. The Morgan fingerprint density at radius 2 is 2.10 bits per heavy atom. The fourth-order valence-electron chi connectivity index (χ4n) is 2.22. The van der Waals surface area contributed by atoms with Gasteiger partial charge >= 0.3 is 0 Å². The summed E-state index contributed by atoms with van der Waals surface area (Å²) in [6, 6.07) is 11.8. The van der Waals surface area contributed by atoms with Crippen LogP contribution >= 0.6 is 0 Å². The maximum absolute atomic E-state index is 13.6. The minimum atomic E-state index is -0.548. The van der Waals surface area contributed by atoms with E-state index >= 15 is 0 Å². The Bertz CT molecular complexity index is 811. The fourth-order valence-corrected chi connectivity index (χ4v) is 2.22. The van der Waals surface area contributed by atoms with Crippen molar-refractivity contribution in [3.05, 3.63) is 60.0 Å². The molecule has 5 heteroatoms. The molecule has 1 heterocycles. The molecule has 0 N–H and O–H groups in total. The number of carbonyl (C=O) groups excluding carboxylic acids is 1. The van der Waals surface area contributed by atoms with Crippen LogP contribution in [0.5, 0.6) is 5.75 Å². The molecule has 0 atom stereocenters. The number of rotatable bonds is 4. The van der Waals surface area contributed by atoms with Crippen LogP contribution in [-0.4, -0.2) is 22.7 Å². The fraction of sp³-hybridized carbons (Fsp3) is 0.125. The predicted octanol–water partition coefficient (Wildman–Crippen LogP) is 3.07. The second-order valence-electron chi connectivity index (χ2n) is 4.63. The topological polar surface area (TPSA) is 44.1 Å². The number of halogens is 1. The summed E-state index contributed by atoms with van der Waals surface area (Å²) in [5.41, 5.74) is 1.17. The van der Waals surface area contributed by atoms with E-state index in [1.54, 1.807) is 16.9 Å². The van der Waals surface area contributed by atoms with E-state index in [1.807, 2.05) is 24.3 Å². The van der Waals surface area contributed by atoms with Gasteiger partial charge in [-0.25, -0.2) is 4.39 Å². The Morgan fingerprint density at radius 3 is 2.86 bits per heavy atom. The molecule has 0 spiro atoms. The van der Waals surface area contributed by atoms with Crippen LogP contribution in [-0.2, 0) is 6.54 Å². The summed E-state index contributed by atoms with van der Waals surface area (Å²) in [6.45, 7) is 0.0687.